The molecule has 1 unspecified atom stereocenters. The van der Waals surface area contributed by atoms with E-state index in [9.17, 15) is 14.4 Å². The molecule has 7 heteroatoms. The number of aliphatic hydroxyl groups is 1. The number of ketones is 1. The van der Waals surface area contributed by atoms with Crippen LogP contribution in [0.3, 0.4) is 0 Å². The van der Waals surface area contributed by atoms with Crippen LogP contribution in [-0.2, 0) is 9.59 Å². The van der Waals surface area contributed by atoms with Crippen LogP contribution in [-0.4, -0.2) is 46.9 Å². The molecule has 1 aromatic rings. The largest absolute Gasteiger partial charge is 0.394 e. The number of hydrogen-bond acceptors (Lipinski definition) is 5. The summed E-state index contributed by atoms with van der Waals surface area (Å²) in [5, 5.41) is 13.8. The topological polar surface area (TPSA) is 108 Å². The summed E-state index contributed by atoms with van der Waals surface area (Å²) in [6, 6.07) is 1.87. The van der Waals surface area contributed by atoms with E-state index < -0.39 is 24.5 Å². The number of carbonyl (C=O) groups is 3. The molecular weight excluding hydrogens is 250 g/mol. The van der Waals surface area contributed by atoms with E-state index in [0.29, 0.717) is 5.56 Å². The zero-order chi connectivity index (χ0) is 14.3. The monoisotopic (exact) mass is 265 g/mol. The van der Waals surface area contributed by atoms with Gasteiger partial charge in [0.2, 0.25) is 5.91 Å². The molecule has 2 amide bonds. The number of pyridine rings is 1. The summed E-state index contributed by atoms with van der Waals surface area (Å²) < 4.78 is 0. The molecule has 0 spiro atoms. The summed E-state index contributed by atoms with van der Waals surface area (Å²) in [4.78, 5) is 37.9. The SMILES string of the molecule is CC(=O)CNC(=O)C(CO)NC(=O)c1ccncc1. The Morgan fingerprint density at radius 3 is 2.47 bits per heavy atom. The normalized spacial score (nSPS) is 11.5. The molecule has 0 aliphatic rings. The second kappa shape index (κ2) is 7.22. The average Bonchev–Trinajstić information content (AvgIpc) is 2.42. The predicted octanol–water partition coefficient (Wildman–Crippen LogP) is -1.12. The highest BCUT2D eigenvalue weighted by atomic mass is 16.3. The molecule has 0 radical (unpaired) electrons. The fourth-order valence-electron chi connectivity index (χ4n) is 1.27. The smallest absolute Gasteiger partial charge is 0.252 e. The van der Waals surface area contributed by atoms with Gasteiger partial charge in [0.05, 0.1) is 13.2 Å². The van der Waals surface area contributed by atoms with Crippen molar-refractivity contribution in [3.05, 3.63) is 30.1 Å². The van der Waals surface area contributed by atoms with Crippen LogP contribution in [0, 0.1) is 0 Å². The lowest BCUT2D eigenvalue weighted by atomic mass is 10.2. The van der Waals surface area contributed by atoms with Crippen molar-refractivity contribution in [1.29, 1.82) is 0 Å². The summed E-state index contributed by atoms with van der Waals surface area (Å²) in [5.74, 6) is -1.33. The third-order valence-corrected chi connectivity index (χ3v) is 2.26. The third kappa shape index (κ3) is 4.84. The Morgan fingerprint density at radius 2 is 1.95 bits per heavy atom. The molecular formula is C12H15N3O4. The predicted molar refractivity (Wildman–Crippen MR) is 66.3 cm³/mol. The van der Waals surface area contributed by atoms with Crippen molar-refractivity contribution in [2.75, 3.05) is 13.2 Å². The highest BCUT2D eigenvalue weighted by Crippen LogP contribution is 1.97. The van der Waals surface area contributed by atoms with Crippen LogP contribution in [0.15, 0.2) is 24.5 Å². The van der Waals surface area contributed by atoms with Crippen LogP contribution in [0.5, 0.6) is 0 Å². The molecule has 0 saturated carbocycles. The zero-order valence-electron chi connectivity index (χ0n) is 10.4. The van der Waals surface area contributed by atoms with Gasteiger partial charge in [0, 0.05) is 18.0 Å². The van der Waals surface area contributed by atoms with Gasteiger partial charge in [-0.25, -0.2) is 0 Å². The Hall–Kier alpha value is -2.28. The number of hydrogen-bond donors (Lipinski definition) is 3. The Bertz CT molecular complexity index is 461. The summed E-state index contributed by atoms with van der Waals surface area (Å²) in [6.07, 6.45) is 2.89. The Morgan fingerprint density at radius 1 is 1.32 bits per heavy atom. The van der Waals surface area contributed by atoms with Crippen molar-refractivity contribution < 1.29 is 19.5 Å². The van der Waals surface area contributed by atoms with Gasteiger partial charge < -0.3 is 15.7 Å². The highest BCUT2D eigenvalue weighted by Gasteiger charge is 2.20. The molecule has 1 atom stereocenters. The van der Waals surface area contributed by atoms with Crippen LogP contribution in [0.4, 0.5) is 0 Å². The molecule has 0 bridgehead atoms. The van der Waals surface area contributed by atoms with E-state index in [2.05, 4.69) is 15.6 Å². The van der Waals surface area contributed by atoms with Gasteiger partial charge >= 0.3 is 0 Å². The minimum Gasteiger partial charge on any atom is -0.394 e. The first-order valence-electron chi connectivity index (χ1n) is 5.63. The number of nitrogens with zero attached hydrogens (tertiary/aromatic N) is 1. The van der Waals surface area contributed by atoms with Crippen molar-refractivity contribution in [1.82, 2.24) is 15.6 Å². The summed E-state index contributed by atoms with van der Waals surface area (Å²) >= 11 is 0. The summed E-state index contributed by atoms with van der Waals surface area (Å²) in [7, 11) is 0. The first-order chi connectivity index (χ1) is 9.04. The Kier molecular flexibility index (Phi) is 5.62. The summed E-state index contributed by atoms with van der Waals surface area (Å²) in [6.45, 7) is 0.630. The van der Waals surface area contributed by atoms with Gasteiger partial charge in [0.25, 0.3) is 5.91 Å². The van der Waals surface area contributed by atoms with Gasteiger partial charge in [-0.3, -0.25) is 19.4 Å². The number of nitrogens with one attached hydrogen (secondary N) is 2. The van der Waals surface area contributed by atoms with E-state index >= 15 is 0 Å². The van der Waals surface area contributed by atoms with Crippen molar-refractivity contribution in [3.63, 3.8) is 0 Å². The molecule has 0 aromatic carbocycles. The van der Waals surface area contributed by atoms with Crippen molar-refractivity contribution in [2.24, 2.45) is 0 Å². The molecule has 0 aliphatic carbocycles. The molecule has 0 saturated heterocycles. The maximum absolute atomic E-state index is 11.8. The van der Waals surface area contributed by atoms with E-state index in [1.165, 1.54) is 31.5 Å². The fraction of sp³-hybridized carbons (Fsp3) is 0.333. The molecule has 7 nitrogen and oxygen atoms in total. The van der Waals surface area contributed by atoms with Gasteiger partial charge in [-0.05, 0) is 19.1 Å². The first-order valence-corrected chi connectivity index (χ1v) is 5.63. The molecule has 1 aromatic heterocycles. The van der Waals surface area contributed by atoms with E-state index in [0.717, 1.165) is 0 Å². The van der Waals surface area contributed by atoms with Crippen LogP contribution >= 0.6 is 0 Å². The van der Waals surface area contributed by atoms with E-state index in [1.54, 1.807) is 0 Å². The fourth-order valence-corrected chi connectivity index (χ4v) is 1.27. The lowest BCUT2D eigenvalue weighted by Gasteiger charge is -2.15. The van der Waals surface area contributed by atoms with Gasteiger partial charge in [0.15, 0.2) is 0 Å². The van der Waals surface area contributed by atoms with Crippen LogP contribution in [0.1, 0.15) is 17.3 Å². The molecule has 0 fully saturated rings. The number of amides is 2. The molecule has 102 valence electrons. The van der Waals surface area contributed by atoms with Gasteiger partial charge in [-0.2, -0.15) is 0 Å². The van der Waals surface area contributed by atoms with E-state index in [4.69, 9.17) is 5.11 Å². The van der Waals surface area contributed by atoms with E-state index in [-0.39, 0.29) is 12.3 Å². The Labute approximate surface area is 110 Å². The average molecular weight is 265 g/mol. The van der Waals surface area contributed by atoms with Crippen LogP contribution < -0.4 is 10.6 Å². The molecule has 1 rings (SSSR count). The number of carbonyl (C=O) groups excluding carboxylic acids is 3. The minimum atomic E-state index is -1.10. The van der Waals surface area contributed by atoms with Crippen molar-refractivity contribution >= 4 is 17.6 Å². The Balaban J connectivity index is 2.59. The van der Waals surface area contributed by atoms with E-state index in [1.807, 2.05) is 0 Å². The zero-order valence-corrected chi connectivity index (χ0v) is 10.4. The number of aromatic nitrogens is 1. The molecule has 1 heterocycles. The van der Waals surface area contributed by atoms with Crippen molar-refractivity contribution in [2.45, 2.75) is 13.0 Å². The lowest BCUT2D eigenvalue weighted by Crippen LogP contribution is -2.49. The highest BCUT2D eigenvalue weighted by molar-refractivity contribution is 5.97. The maximum Gasteiger partial charge on any atom is 0.252 e. The van der Waals surface area contributed by atoms with Gasteiger partial charge in [-0.15, -0.1) is 0 Å². The van der Waals surface area contributed by atoms with Gasteiger partial charge in [0.1, 0.15) is 11.8 Å². The second-order valence-corrected chi connectivity index (χ2v) is 3.86. The second-order valence-electron chi connectivity index (χ2n) is 3.86. The maximum atomic E-state index is 11.8. The number of Topliss-reactive ketones (excluding diaryl/α,β-unsaturated/α-hetero) is 1. The lowest BCUT2D eigenvalue weighted by molar-refractivity contribution is -0.126. The van der Waals surface area contributed by atoms with Gasteiger partial charge in [-0.1, -0.05) is 0 Å². The van der Waals surface area contributed by atoms with Crippen LogP contribution in [0.2, 0.25) is 0 Å². The van der Waals surface area contributed by atoms with Crippen molar-refractivity contribution in [3.8, 4) is 0 Å². The summed E-state index contributed by atoms with van der Waals surface area (Å²) in [5.41, 5.74) is 0.327. The number of rotatable bonds is 6. The quantitative estimate of drug-likeness (QED) is 0.603. The molecule has 19 heavy (non-hydrogen) atoms. The third-order valence-electron chi connectivity index (χ3n) is 2.26. The molecule has 3 N–H and O–H groups in total. The van der Waals surface area contributed by atoms with Crippen LogP contribution in [0.25, 0.3) is 0 Å². The standard InChI is InChI=1S/C12H15N3O4/c1-8(17)6-14-12(19)10(7-16)15-11(18)9-2-4-13-5-3-9/h2-5,10,16H,6-7H2,1H3,(H,14,19)(H,15,18). The minimum absolute atomic E-state index is 0.138. The molecule has 0 aliphatic heterocycles. The number of aliphatic hydroxyl groups excluding tert-OH is 1. The first kappa shape index (κ1) is 14.8.